The molecule has 0 saturated carbocycles. The molecule has 0 radical (unpaired) electrons. The van der Waals surface area contributed by atoms with Crippen LogP contribution in [0, 0.1) is 17.7 Å². The van der Waals surface area contributed by atoms with Gasteiger partial charge in [-0.3, -0.25) is 0 Å². The molecule has 1 saturated heterocycles. The molecule has 0 aromatic heterocycles. The van der Waals surface area contributed by atoms with Crippen molar-refractivity contribution in [3.63, 3.8) is 0 Å². The van der Waals surface area contributed by atoms with Crippen LogP contribution in [-0.2, 0) is 0 Å². The summed E-state index contributed by atoms with van der Waals surface area (Å²) in [5, 5.41) is 6.83. The minimum absolute atomic E-state index is 0.0890. The van der Waals surface area contributed by atoms with Crippen LogP contribution in [0.4, 0.5) is 10.1 Å². The summed E-state index contributed by atoms with van der Waals surface area (Å²) in [6, 6.07) is 4.47. The van der Waals surface area contributed by atoms with Gasteiger partial charge in [0.05, 0.1) is 5.02 Å². The Bertz CT molecular complexity index is 531. The fourth-order valence-electron chi connectivity index (χ4n) is 3.23. The molecule has 1 fully saturated rings. The SMILES string of the molecule is C[C@@H]1C[C@@H](C)CN(CCCNC(=S)Nc2ccc(F)c(Cl)c2)C1. The number of nitrogens with one attached hydrogen (secondary N) is 2. The third-order valence-corrected chi connectivity index (χ3v) is 4.59. The second kappa shape index (κ2) is 8.81. The Hall–Kier alpha value is -0.910. The summed E-state index contributed by atoms with van der Waals surface area (Å²) in [5.74, 6) is 1.15. The highest BCUT2D eigenvalue weighted by molar-refractivity contribution is 7.80. The van der Waals surface area contributed by atoms with E-state index in [0.29, 0.717) is 10.8 Å². The van der Waals surface area contributed by atoms with Crippen molar-refractivity contribution in [2.75, 3.05) is 31.5 Å². The molecule has 2 N–H and O–H groups in total. The van der Waals surface area contributed by atoms with Crippen LogP contribution in [0.15, 0.2) is 18.2 Å². The van der Waals surface area contributed by atoms with Crippen LogP contribution >= 0.6 is 23.8 Å². The molecule has 0 unspecified atom stereocenters. The number of hydrogen-bond acceptors (Lipinski definition) is 2. The molecule has 0 spiro atoms. The fourth-order valence-corrected chi connectivity index (χ4v) is 3.63. The number of anilines is 1. The van der Waals surface area contributed by atoms with Crippen molar-refractivity contribution in [2.24, 2.45) is 11.8 Å². The standard InChI is InChI=1S/C17H25ClFN3S/c1-12-8-13(2)11-22(10-12)7-3-6-20-17(23)21-14-4-5-16(19)15(18)9-14/h4-5,9,12-13H,3,6-8,10-11H2,1-2H3,(H2,20,21,23)/t12-,13-/m1/s1. The average molecular weight is 358 g/mol. The van der Waals surface area contributed by atoms with Gasteiger partial charge in [0.25, 0.3) is 0 Å². The average Bonchev–Trinajstić information content (AvgIpc) is 2.46. The van der Waals surface area contributed by atoms with Gasteiger partial charge in [0, 0.05) is 25.3 Å². The van der Waals surface area contributed by atoms with Gasteiger partial charge >= 0.3 is 0 Å². The highest BCUT2D eigenvalue weighted by Gasteiger charge is 2.20. The van der Waals surface area contributed by atoms with E-state index >= 15 is 0 Å². The Labute approximate surface area is 148 Å². The molecule has 0 aliphatic carbocycles. The molecule has 23 heavy (non-hydrogen) atoms. The molecular weight excluding hydrogens is 333 g/mol. The van der Waals surface area contributed by atoms with E-state index in [9.17, 15) is 4.39 Å². The van der Waals surface area contributed by atoms with E-state index < -0.39 is 5.82 Å². The Morgan fingerprint density at radius 2 is 2.04 bits per heavy atom. The number of thiocarbonyl (C=S) groups is 1. The normalized spacial score (nSPS) is 21.9. The molecule has 0 amide bonds. The number of likely N-dealkylation sites (tertiary alicyclic amines) is 1. The van der Waals surface area contributed by atoms with Crippen LogP contribution in [0.2, 0.25) is 5.02 Å². The molecule has 2 atom stereocenters. The lowest BCUT2D eigenvalue weighted by Gasteiger charge is -2.34. The van der Waals surface area contributed by atoms with Crippen LogP contribution in [0.25, 0.3) is 0 Å². The van der Waals surface area contributed by atoms with E-state index in [4.69, 9.17) is 23.8 Å². The Morgan fingerprint density at radius 3 is 2.70 bits per heavy atom. The quantitative estimate of drug-likeness (QED) is 0.612. The zero-order chi connectivity index (χ0) is 16.8. The zero-order valence-corrected chi connectivity index (χ0v) is 15.3. The smallest absolute Gasteiger partial charge is 0.170 e. The molecule has 1 aliphatic rings. The maximum atomic E-state index is 13.1. The lowest BCUT2D eigenvalue weighted by Crippen LogP contribution is -2.40. The highest BCUT2D eigenvalue weighted by atomic mass is 35.5. The first-order valence-corrected chi connectivity index (χ1v) is 8.95. The number of piperidine rings is 1. The summed E-state index contributed by atoms with van der Waals surface area (Å²) in [6.07, 6.45) is 2.38. The van der Waals surface area contributed by atoms with Gasteiger partial charge in [0.2, 0.25) is 0 Å². The molecule has 1 aromatic carbocycles. The number of halogens is 2. The summed E-state index contributed by atoms with van der Waals surface area (Å²) in [5.41, 5.74) is 0.688. The van der Waals surface area contributed by atoms with Crippen molar-refractivity contribution in [2.45, 2.75) is 26.7 Å². The van der Waals surface area contributed by atoms with Gasteiger partial charge in [-0.1, -0.05) is 25.4 Å². The maximum absolute atomic E-state index is 13.1. The van der Waals surface area contributed by atoms with Gasteiger partial charge in [0.1, 0.15) is 5.82 Å². The number of hydrogen-bond donors (Lipinski definition) is 2. The minimum atomic E-state index is -0.430. The van der Waals surface area contributed by atoms with Crippen molar-refractivity contribution in [1.82, 2.24) is 10.2 Å². The molecule has 6 heteroatoms. The second-order valence-corrected chi connectivity index (χ2v) is 7.38. The molecule has 1 aromatic rings. The van der Waals surface area contributed by atoms with E-state index in [1.807, 2.05) is 0 Å². The molecule has 2 rings (SSSR count). The first kappa shape index (κ1) is 18.4. The largest absolute Gasteiger partial charge is 0.362 e. The van der Waals surface area contributed by atoms with Crippen molar-refractivity contribution in [3.05, 3.63) is 29.0 Å². The Kier molecular flexibility index (Phi) is 7.06. The van der Waals surface area contributed by atoms with Crippen LogP contribution in [-0.4, -0.2) is 36.2 Å². The van der Waals surface area contributed by atoms with Crippen LogP contribution in [0.1, 0.15) is 26.7 Å². The van der Waals surface area contributed by atoms with Gasteiger partial charge in [-0.15, -0.1) is 0 Å². The van der Waals surface area contributed by atoms with E-state index in [1.165, 1.54) is 31.6 Å². The van der Waals surface area contributed by atoms with Crippen molar-refractivity contribution >= 4 is 34.6 Å². The predicted molar refractivity (Wildman–Crippen MR) is 99.6 cm³/mol. The van der Waals surface area contributed by atoms with Crippen molar-refractivity contribution in [3.8, 4) is 0 Å². The second-order valence-electron chi connectivity index (χ2n) is 6.57. The van der Waals surface area contributed by atoms with Gasteiger partial charge in [-0.25, -0.2) is 4.39 Å². The zero-order valence-electron chi connectivity index (χ0n) is 13.7. The van der Waals surface area contributed by atoms with E-state index in [2.05, 4.69) is 29.4 Å². The van der Waals surface area contributed by atoms with E-state index in [1.54, 1.807) is 6.07 Å². The summed E-state index contributed by atoms with van der Waals surface area (Å²) in [6.45, 7) is 8.95. The maximum Gasteiger partial charge on any atom is 0.170 e. The predicted octanol–water partition coefficient (Wildman–Crippen LogP) is 4.13. The lowest BCUT2D eigenvalue weighted by molar-refractivity contribution is 0.140. The Balaban J connectivity index is 1.65. The topological polar surface area (TPSA) is 27.3 Å². The minimum Gasteiger partial charge on any atom is -0.362 e. The summed E-state index contributed by atoms with van der Waals surface area (Å²) >= 11 is 11.0. The summed E-state index contributed by atoms with van der Waals surface area (Å²) < 4.78 is 13.1. The Morgan fingerprint density at radius 1 is 1.35 bits per heavy atom. The number of benzene rings is 1. The van der Waals surface area contributed by atoms with Crippen LogP contribution in [0.3, 0.4) is 0 Å². The van der Waals surface area contributed by atoms with Gasteiger partial charge in [-0.05, 0) is 61.6 Å². The lowest BCUT2D eigenvalue weighted by atomic mass is 9.92. The number of nitrogens with zero attached hydrogens (tertiary/aromatic N) is 1. The monoisotopic (exact) mass is 357 g/mol. The first-order valence-electron chi connectivity index (χ1n) is 8.16. The summed E-state index contributed by atoms with van der Waals surface area (Å²) in [4.78, 5) is 2.54. The fraction of sp³-hybridized carbons (Fsp3) is 0.588. The third-order valence-electron chi connectivity index (χ3n) is 4.06. The van der Waals surface area contributed by atoms with Gasteiger partial charge in [-0.2, -0.15) is 0 Å². The third kappa shape index (κ3) is 6.24. The molecule has 3 nitrogen and oxygen atoms in total. The van der Waals surface area contributed by atoms with Crippen molar-refractivity contribution in [1.29, 1.82) is 0 Å². The first-order chi connectivity index (χ1) is 10.9. The molecular formula is C17H25ClFN3S. The summed E-state index contributed by atoms with van der Waals surface area (Å²) in [7, 11) is 0. The van der Waals surface area contributed by atoms with E-state index in [-0.39, 0.29) is 5.02 Å². The highest BCUT2D eigenvalue weighted by Crippen LogP contribution is 2.21. The van der Waals surface area contributed by atoms with Gasteiger partial charge < -0.3 is 15.5 Å². The number of rotatable bonds is 5. The van der Waals surface area contributed by atoms with Crippen LogP contribution < -0.4 is 10.6 Å². The van der Waals surface area contributed by atoms with Crippen LogP contribution in [0.5, 0.6) is 0 Å². The van der Waals surface area contributed by atoms with E-state index in [0.717, 1.165) is 31.3 Å². The molecule has 1 aliphatic heterocycles. The molecule has 1 heterocycles. The van der Waals surface area contributed by atoms with Crippen molar-refractivity contribution < 1.29 is 4.39 Å². The molecule has 128 valence electrons. The van der Waals surface area contributed by atoms with Gasteiger partial charge in [0.15, 0.2) is 5.11 Å². The molecule has 0 bridgehead atoms.